The van der Waals surface area contributed by atoms with E-state index in [-0.39, 0.29) is 36.3 Å². The molecule has 1 aromatic carbocycles. The topological polar surface area (TPSA) is 58.5 Å². The van der Waals surface area contributed by atoms with E-state index in [1.807, 2.05) is 12.3 Å². The number of alkyl halides is 2. The molecule has 0 amide bonds. The van der Waals surface area contributed by atoms with Gasteiger partial charge in [0.2, 0.25) is 0 Å². The van der Waals surface area contributed by atoms with Crippen LogP contribution in [0.3, 0.4) is 0 Å². The van der Waals surface area contributed by atoms with Gasteiger partial charge < -0.3 is 15.4 Å². The second-order valence-corrected chi connectivity index (χ2v) is 6.59. The highest BCUT2D eigenvalue weighted by Gasteiger charge is 2.11. The summed E-state index contributed by atoms with van der Waals surface area (Å²) in [6.45, 7) is -0.0258. The first kappa shape index (κ1) is 22.8. The van der Waals surface area contributed by atoms with Crippen LogP contribution >= 0.6 is 46.9 Å². The fourth-order valence-electron chi connectivity index (χ4n) is 2.13. The van der Waals surface area contributed by atoms with Gasteiger partial charge >= 0.3 is 6.61 Å². The lowest BCUT2D eigenvalue weighted by atomic mass is 10.2. The van der Waals surface area contributed by atoms with Crippen molar-refractivity contribution in [1.29, 1.82) is 0 Å². The molecule has 1 heterocycles. The predicted octanol–water partition coefficient (Wildman–Crippen LogP) is 4.23. The van der Waals surface area contributed by atoms with E-state index in [0.717, 1.165) is 17.1 Å². The van der Waals surface area contributed by atoms with Crippen molar-refractivity contribution < 1.29 is 13.5 Å². The zero-order valence-electron chi connectivity index (χ0n) is 14.3. The molecular weight excluding hydrogens is 497 g/mol. The average Bonchev–Trinajstić information content (AvgIpc) is 2.98. The smallest absolute Gasteiger partial charge is 0.387 e. The maximum absolute atomic E-state index is 12.5. The number of hydrogen-bond donors (Lipinski definition) is 2. The van der Waals surface area contributed by atoms with Gasteiger partial charge in [-0.05, 0) is 25.1 Å². The molecule has 2 N–H and O–H groups in total. The van der Waals surface area contributed by atoms with Gasteiger partial charge in [0, 0.05) is 42.5 Å². The number of benzene rings is 1. The number of thiazole rings is 1. The van der Waals surface area contributed by atoms with Gasteiger partial charge in [0.1, 0.15) is 5.75 Å². The second kappa shape index (κ2) is 11.5. The Morgan fingerprint density at radius 2 is 2.15 bits per heavy atom. The Hall–Kier alpha value is -1.20. The molecule has 0 saturated carbocycles. The van der Waals surface area contributed by atoms with E-state index >= 15 is 0 Å². The molecule has 0 atom stereocenters. The zero-order valence-corrected chi connectivity index (χ0v) is 18.2. The molecule has 0 radical (unpaired) electrons. The maximum Gasteiger partial charge on any atom is 0.387 e. The fraction of sp³-hybridized carbons (Fsp3) is 0.375. The molecule has 0 aliphatic rings. The third kappa shape index (κ3) is 7.58. The molecule has 0 aliphatic carbocycles. The number of guanidine groups is 1. The Kier molecular flexibility index (Phi) is 10.1. The fourth-order valence-corrected chi connectivity index (χ4v) is 2.97. The highest BCUT2D eigenvalue weighted by Crippen LogP contribution is 2.24. The number of aryl methyl sites for hydroxylation is 1. The van der Waals surface area contributed by atoms with Crippen LogP contribution in [-0.2, 0) is 13.0 Å². The van der Waals surface area contributed by atoms with Crippen molar-refractivity contribution >= 4 is 52.9 Å². The van der Waals surface area contributed by atoms with Crippen molar-refractivity contribution in [3.63, 3.8) is 0 Å². The lowest BCUT2D eigenvalue weighted by molar-refractivity contribution is -0.0504. The van der Waals surface area contributed by atoms with E-state index < -0.39 is 6.61 Å². The molecule has 144 valence electrons. The Bertz CT molecular complexity index is 730. The van der Waals surface area contributed by atoms with Crippen molar-refractivity contribution in [1.82, 2.24) is 15.6 Å². The van der Waals surface area contributed by atoms with Crippen LogP contribution in [-0.4, -0.2) is 31.1 Å². The van der Waals surface area contributed by atoms with E-state index in [2.05, 4.69) is 25.3 Å². The number of ether oxygens (including phenoxy) is 1. The molecular formula is C16H20ClF2IN4OS. The minimum atomic E-state index is -2.89. The summed E-state index contributed by atoms with van der Waals surface area (Å²) in [6, 6.07) is 4.51. The number of halogens is 4. The summed E-state index contributed by atoms with van der Waals surface area (Å²) < 4.78 is 29.5. The first-order chi connectivity index (χ1) is 12.0. The summed E-state index contributed by atoms with van der Waals surface area (Å²) in [5, 5.41) is 9.71. The Labute approximate surface area is 177 Å². The largest absolute Gasteiger partial charge is 0.434 e. The molecule has 0 fully saturated rings. The minimum absolute atomic E-state index is 0. The van der Waals surface area contributed by atoms with Gasteiger partial charge in [-0.25, -0.2) is 4.98 Å². The Morgan fingerprint density at radius 3 is 2.77 bits per heavy atom. The van der Waals surface area contributed by atoms with E-state index in [1.54, 1.807) is 24.5 Å². The number of aromatic nitrogens is 1. The van der Waals surface area contributed by atoms with Crippen LogP contribution in [0.4, 0.5) is 8.78 Å². The van der Waals surface area contributed by atoms with E-state index in [0.29, 0.717) is 23.1 Å². The number of hydrogen-bond acceptors (Lipinski definition) is 4. The third-order valence-electron chi connectivity index (χ3n) is 3.25. The second-order valence-electron chi connectivity index (χ2n) is 5.09. The SMILES string of the molecule is CN=C(NCCc1csc(C)n1)NCc1cc(Cl)ccc1OC(F)F.I. The zero-order chi connectivity index (χ0) is 18.2. The summed E-state index contributed by atoms with van der Waals surface area (Å²) in [6.07, 6.45) is 0.766. The third-order valence-corrected chi connectivity index (χ3v) is 4.31. The van der Waals surface area contributed by atoms with Gasteiger partial charge in [-0.2, -0.15) is 8.78 Å². The maximum atomic E-state index is 12.5. The predicted molar refractivity (Wildman–Crippen MR) is 112 cm³/mol. The molecule has 2 rings (SSSR count). The van der Waals surface area contributed by atoms with Gasteiger partial charge in [0.25, 0.3) is 0 Å². The van der Waals surface area contributed by atoms with Crippen molar-refractivity contribution in [3.05, 3.63) is 44.9 Å². The van der Waals surface area contributed by atoms with Gasteiger partial charge in [-0.3, -0.25) is 4.99 Å². The molecule has 0 spiro atoms. The molecule has 0 saturated heterocycles. The van der Waals surface area contributed by atoms with Crippen LogP contribution in [0.25, 0.3) is 0 Å². The van der Waals surface area contributed by atoms with Crippen molar-refractivity contribution in [2.45, 2.75) is 26.5 Å². The minimum Gasteiger partial charge on any atom is -0.434 e. The van der Waals surface area contributed by atoms with E-state index in [9.17, 15) is 8.78 Å². The van der Waals surface area contributed by atoms with Crippen LogP contribution in [0, 0.1) is 6.92 Å². The molecule has 0 aliphatic heterocycles. The molecule has 10 heteroatoms. The van der Waals surface area contributed by atoms with E-state index in [1.165, 1.54) is 12.1 Å². The molecule has 2 aromatic rings. The quantitative estimate of drug-likeness (QED) is 0.329. The summed E-state index contributed by atoms with van der Waals surface area (Å²) in [4.78, 5) is 8.50. The molecule has 0 unspecified atom stereocenters. The Morgan fingerprint density at radius 1 is 1.38 bits per heavy atom. The van der Waals surface area contributed by atoms with Gasteiger partial charge in [-0.1, -0.05) is 11.6 Å². The van der Waals surface area contributed by atoms with E-state index in [4.69, 9.17) is 11.6 Å². The van der Waals surface area contributed by atoms with Crippen LogP contribution in [0.1, 0.15) is 16.3 Å². The lowest BCUT2D eigenvalue weighted by Gasteiger charge is -2.14. The number of aliphatic imine (C=N–C) groups is 1. The summed E-state index contributed by atoms with van der Waals surface area (Å²) in [7, 11) is 1.64. The van der Waals surface area contributed by atoms with Crippen molar-refractivity contribution in [2.24, 2.45) is 4.99 Å². The van der Waals surface area contributed by atoms with Gasteiger partial charge in [0.15, 0.2) is 5.96 Å². The van der Waals surface area contributed by atoms with Crippen LogP contribution in [0.15, 0.2) is 28.6 Å². The van der Waals surface area contributed by atoms with Crippen LogP contribution in [0.2, 0.25) is 5.02 Å². The summed E-state index contributed by atoms with van der Waals surface area (Å²) in [5.41, 5.74) is 1.54. The van der Waals surface area contributed by atoms with Crippen molar-refractivity contribution in [3.8, 4) is 5.75 Å². The molecule has 0 bridgehead atoms. The van der Waals surface area contributed by atoms with Crippen LogP contribution in [0.5, 0.6) is 5.75 Å². The normalized spacial score (nSPS) is 11.2. The highest BCUT2D eigenvalue weighted by atomic mass is 127. The lowest BCUT2D eigenvalue weighted by Crippen LogP contribution is -2.38. The van der Waals surface area contributed by atoms with Crippen molar-refractivity contribution in [2.75, 3.05) is 13.6 Å². The average molecular weight is 517 g/mol. The standard InChI is InChI=1S/C16H19ClF2N4OS.HI/c1-10-23-13(9-25-10)5-6-21-16(20-2)22-8-11-7-12(17)3-4-14(11)24-15(18)19;/h3-4,7,9,15H,5-6,8H2,1-2H3,(H2,20,21,22);1H. The first-order valence-electron chi connectivity index (χ1n) is 7.56. The summed E-state index contributed by atoms with van der Waals surface area (Å²) in [5.74, 6) is 0.634. The Balaban J connectivity index is 0.00000338. The number of nitrogens with zero attached hydrogens (tertiary/aromatic N) is 2. The van der Waals surface area contributed by atoms with Crippen LogP contribution < -0.4 is 15.4 Å². The highest BCUT2D eigenvalue weighted by molar-refractivity contribution is 14.0. The van der Waals surface area contributed by atoms with Gasteiger partial charge in [0.05, 0.1) is 10.7 Å². The summed E-state index contributed by atoms with van der Waals surface area (Å²) >= 11 is 7.55. The first-order valence-corrected chi connectivity index (χ1v) is 8.82. The molecule has 5 nitrogen and oxygen atoms in total. The monoisotopic (exact) mass is 516 g/mol. The molecule has 26 heavy (non-hydrogen) atoms. The molecule has 1 aromatic heterocycles. The van der Waals surface area contributed by atoms with Gasteiger partial charge in [-0.15, -0.1) is 35.3 Å². The number of nitrogens with one attached hydrogen (secondary N) is 2. The number of rotatable bonds is 7.